The van der Waals surface area contributed by atoms with Gasteiger partial charge >= 0.3 is 6.03 Å². The highest BCUT2D eigenvalue weighted by Crippen LogP contribution is 2.22. The van der Waals surface area contributed by atoms with E-state index in [1.807, 2.05) is 19.9 Å². The highest BCUT2D eigenvalue weighted by atomic mass is 35.5. The van der Waals surface area contributed by atoms with E-state index in [1.54, 1.807) is 24.4 Å². The van der Waals surface area contributed by atoms with Crippen LogP contribution in [0.25, 0.3) is 0 Å². The van der Waals surface area contributed by atoms with Gasteiger partial charge in [-0.1, -0.05) is 11.6 Å². The predicted octanol–water partition coefficient (Wildman–Crippen LogP) is 3.17. The monoisotopic (exact) mass is 451 g/mol. The molecule has 2 heterocycles. The molecule has 1 aliphatic heterocycles. The largest absolute Gasteiger partial charge is 0.355 e. The van der Waals surface area contributed by atoms with Crippen molar-refractivity contribution in [3.05, 3.63) is 47.6 Å². The Morgan fingerprint density at radius 1 is 1.07 bits per heavy atom. The van der Waals surface area contributed by atoms with Crippen molar-refractivity contribution in [2.75, 3.05) is 36.4 Å². The minimum Gasteiger partial charge on any atom is -0.355 e. The second kappa shape index (κ2) is 9.63. The molecule has 2 amide bonds. The SMILES string of the molecule is CC(C)NC(=O)Nc1ccc(N2CCCN(S(=O)(=O)c3ccc(Cl)cc3)CC2)nc1. The first-order valence-electron chi connectivity index (χ1n) is 9.80. The summed E-state index contributed by atoms with van der Waals surface area (Å²) >= 11 is 5.87. The molecule has 1 aromatic carbocycles. The standard InChI is InChI=1S/C20H26ClN5O3S/c1-15(2)23-20(27)24-17-6-9-19(22-14-17)25-10-3-11-26(13-12-25)30(28,29)18-7-4-16(21)5-8-18/h4-9,14-15H,3,10-13H2,1-2H3,(H2,23,24,27). The lowest BCUT2D eigenvalue weighted by molar-refractivity contribution is 0.250. The summed E-state index contributed by atoms with van der Waals surface area (Å²) in [5.74, 6) is 0.746. The number of amides is 2. The molecule has 1 aliphatic rings. The van der Waals surface area contributed by atoms with Gasteiger partial charge < -0.3 is 15.5 Å². The molecular weight excluding hydrogens is 426 g/mol. The second-order valence-electron chi connectivity index (χ2n) is 7.36. The van der Waals surface area contributed by atoms with Gasteiger partial charge in [0, 0.05) is 37.2 Å². The number of carbonyl (C=O) groups excluding carboxylic acids is 1. The Bertz CT molecular complexity index is 965. The van der Waals surface area contributed by atoms with Crippen molar-refractivity contribution in [3.63, 3.8) is 0 Å². The van der Waals surface area contributed by atoms with Gasteiger partial charge in [0.25, 0.3) is 0 Å². The summed E-state index contributed by atoms with van der Waals surface area (Å²) in [5, 5.41) is 5.99. The zero-order valence-corrected chi connectivity index (χ0v) is 18.6. The number of nitrogens with zero attached hydrogens (tertiary/aromatic N) is 3. The highest BCUT2D eigenvalue weighted by molar-refractivity contribution is 7.89. The summed E-state index contributed by atoms with van der Waals surface area (Å²) in [6.45, 7) is 5.80. The number of halogens is 1. The Labute approximate surface area is 182 Å². The number of anilines is 2. The van der Waals surface area contributed by atoms with Crippen LogP contribution in [0.15, 0.2) is 47.5 Å². The molecule has 0 radical (unpaired) electrons. The molecule has 0 saturated carbocycles. The van der Waals surface area contributed by atoms with Crippen molar-refractivity contribution < 1.29 is 13.2 Å². The first-order chi connectivity index (χ1) is 14.3. The van der Waals surface area contributed by atoms with Gasteiger partial charge in [0.2, 0.25) is 10.0 Å². The Balaban J connectivity index is 1.63. The molecule has 2 aromatic rings. The van der Waals surface area contributed by atoms with Gasteiger partial charge in [-0.3, -0.25) is 0 Å². The second-order valence-corrected chi connectivity index (χ2v) is 9.73. The maximum atomic E-state index is 12.9. The van der Waals surface area contributed by atoms with Crippen molar-refractivity contribution in [1.82, 2.24) is 14.6 Å². The molecule has 2 N–H and O–H groups in total. The fraction of sp³-hybridized carbons (Fsp3) is 0.400. The van der Waals surface area contributed by atoms with Crippen LogP contribution in [0, 0.1) is 0 Å². The molecule has 1 fully saturated rings. The summed E-state index contributed by atoms with van der Waals surface area (Å²) in [6, 6.07) is 9.60. The molecule has 1 aromatic heterocycles. The van der Waals surface area contributed by atoms with E-state index >= 15 is 0 Å². The lowest BCUT2D eigenvalue weighted by Gasteiger charge is -2.23. The molecule has 30 heavy (non-hydrogen) atoms. The van der Waals surface area contributed by atoms with E-state index in [0.717, 1.165) is 5.82 Å². The summed E-state index contributed by atoms with van der Waals surface area (Å²) in [6.07, 6.45) is 2.29. The number of hydrogen-bond donors (Lipinski definition) is 2. The molecule has 0 aliphatic carbocycles. The van der Waals surface area contributed by atoms with E-state index in [1.165, 1.54) is 16.4 Å². The summed E-state index contributed by atoms with van der Waals surface area (Å²) in [4.78, 5) is 18.5. The lowest BCUT2D eigenvalue weighted by atomic mass is 10.3. The number of hydrogen-bond acceptors (Lipinski definition) is 5. The van der Waals surface area contributed by atoms with Crippen LogP contribution < -0.4 is 15.5 Å². The average molecular weight is 452 g/mol. The van der Waals surface area contributed by atoms with Gasteiger partial charge in [-0.05, 0) is 56.7 Å². The first kappa shape index (κ1) is 22.3. The van der Waals surface area contributed by atoms with E-state index in [0.29, 0.717) is 43.3 Å². The van der Waals surface area contributed by atoms with Crippen LogP contribution >= 0.6 is 11.6 Å². The molecule has 3 rings (SSSR count). The van der Waals surface area contributed by atoms with E-state index in [4.69, 9.17) is 11.6 Å². The molecule has 8 nitrogen and oxygen atoms in total. The van der Waals surface area contributed by atoms with Crippen LogP contribution in [0.4, 0.5) is 16.3 Å². The fourth-order valence-corrected chi connectivity index (χ4v) is 4.79. The van der Waals surface area contributed by atoms with Crippen molar-refractivity contribution in [1.29, 1.82) is 0 Å². The molecular formula is C20H26ClN5O3S. The van der Waals surface area contributed by atoms with Crippen LogP contribution in [0.2, 0.25) is 5.02 Å². The van der Waals surface area contributed by atoms with E-state index in [-0.39, 0.29) is 17.0 Å². The van der Waals surface area contributed by atoms with Crippen molar-refractivity contribution >= 4 is 39.2 Å². The van der Waals surface area contributed by atoms with Gasteiger partial charge in [0.15, 0.2) is 0 Å². The molecule has 10 heteroatoms. The minimum absolute atomic E-state index is 0.0430. The molecule has 162 valence electrons. The maximum Gasteiger partial charge on any atom is 0.319 e. The van der Waals surface area contributed by atoms with E-state index in [9.17, 15) is 13.2 Å². The topological polar surface area (TPSA) is 94.6 Å². The van der Waals surface area contributed by atoms with Crippen molar-refractivity contribution in [2.45, 2.75) is 31.2 Å². The smallest absolute Gasteiger partial charge is 0.319 e. The first-order valence-corrected chi connectivity index (χ1v) is 11.6. The Morgan fingerprint density at radius 2 is 1.80 bits per heavy atom. The maximum absolute atomic E-state index is 12.9. The van der Waals surface area contributed by atoms with Gasteiger partial charge in [-0.15, -0.1) is 0 Å². The van der Waals surface area contributed by atoms with Crippen LogP contribution in [0.1, 0.15) is 20.3 Å². The number of pyridine rings is 1. The summed E-state index contributed by atoms with van der Waals surface area (Å²) in [7, 11) is -3.56. The van der Waals surface area contributed by atoms with Crippen molar-refractivity contribution in [3.8, 4) is 0 Å². The highest BCUT2D eigenvalue weighted by Gasteiger charge is 2.27. The molecule has 0 atom stereocenters. The number of nitrogens with one attached hydrogen (secondary N) is 2. The molecule has 0 spiro atoms. The average Bonchev–Trinajstić information content (AvgIpc) is 2.95. The number of rotatable bonds is 5. The van der Waals surface area contributed by atoms with E-state index < -0.39 is 10.0 Å². The van der Waals surface area contributed by atoms with Gasteiger partial charge in [0.05, 0.1) is 16.8 Å². The Kier molecular flexibility index (Phi) is 7.17. The fourth-order valence-electron chi connectivity index (χ4n) is 3.20. The number of sulfonamides is 1. The van der Waals surface area contributed by atoms with Crippen LogP contribution in [0.3, 0.4) is 0 Å². The number of urea groups is 1. The van der Waals surface area contributed by atoms with Crippen LogP contribution in [0.5, 0.6) is 0 Å². The zero-order valence-electron chi connectivity index (χ0n) is 17.0. The number of carbonyl (C=O) groups is 1. The quantitative estimate of drug-likeness (QED) is 0.728. The number of aromatic nitrogens is 1. The Morgan fingerprint density at radius 3 is 2.43 bits per heavy atom. The van der Waals surface area contributed by atoms with Crippen molar-refractivity contribution in [2.24, 2.45) is 0 Å². The normalized spacial score (nSPS) is 15.7. The van der Waals surface area contributed by atoms with Gasteiger partial charge in [-0.2, -0.15) is 4.31 Å². The van der Waals surface area contributed by atoms with E-state index in [2.05, 4.69) is 20.5 Å². The van der Waals surface area contributed by atoms with Gasteiger partial charge in [-0.25, -0.2) is 18.2 Å². The molecule has 0 unspecified atom stereocenters. The van der Waals surface area contributed by atoms with Gasteiger partial charge in [0.1, 0.15) is 5.82 Å². The van der Waals surface area contributed by atoms with Crippen LogP contribution in [-0.2, 0) is 10.0 Å². The third-order valence-corrected chi connectivity index (χ3v) is 6.82. The number of benzene rings is 1. The Hall–Kier alpha value is -2.36. The summed E-state index contributed by atoms with van der Waals surface area (Å²) < 4.78 is 27.3. The lowest BCUT2D eigenvalue weighted by Crippen LogP contribution is -2.35. The molecule has 1 saturated heterocycles. The third-order valence-electron chi connectivity index (χ3n) is 4.66. The zero-order chi connectivity index (χ0) is 21.7. The third kappa shape index (κ3) is 5.62. The predicted molar refractivity (Wildman–Crippen MR) is 119 cm³/mol. The summed E-state index contributed by atoms with van der Waals surface area (Å²) in [5.41, 5.74) is 0.596. The van der Waals surface area contributed by atoms with Crippen LogP contribution in [-0.4, -0.2) is 56.0 Å². The molecule has 0 bridgehead atoms. The minimum atomic E-state index is -3.56.